The van der Waals surface area contributed by atoms with Gasteiger partial charge in [-0.05, 0) is 32.6 Å². The maximum Gasteiger partial charge on any atom is 0.243 e. The van der Waals surface area contributed by atoms with Crippen molar-refractivity contribution in [1.82, 2.24) is 26.6 Å². The molecule has 192 valence electrons. The van der Waals surface area contributed by atoms with Gasteiger partial charge in [-0.25, -0.2) is 0 Å². The molecule has 0 aromatic heterocycles. The van der Waals surface area contributed by atoms with Gasteiger partial charge in [0.25, 0.3) is 0 Å². The normalized spacial score (nSPS) is 30.6. The molecular weight excluding hydrogens is 442 g/mol. The van der Waals surface area contributed by atoms with Crippen molar-refractivity contribution in [1.29, 1.82) is 0 Å². The number of hydrogen-bond acceptors (Lipinski definition) is 6. The van der Waals surface area contributed by atoms with Crippen LogP contribution in [0.3, 0.4) is 0 Å². The predicted molar refractivity (Wildman–Crippen MR) is 125 cm³/mol. The summed E-state index contributed by atoms with van der Waals surface area (Å²) in [6.07, 6.45) is 0.988. The first-order chi connectivity index (χ1) is 16.0. The standard InChI is InChI=1S/C23H39N5O6/c1-7-15-21(32)26-16(8-2)22(33)27-17(9-3)23(34)28-18(14(6)29)10-11-24-19(30)12(4)13(5)20(31)25-15/h12-13,15-18H,7-11H2,1-6H3,(H,24,30)(H,25,31)(H,26,32)(H,27,33)(H,28,34). The van der Waals surface area contributed by atoms with Crippen LogP contribution in [0.1, 0.15) is 67.2 Å². The van der Waals surface area contributed by atoms with Crippen LogP contribution in [0.25, 0.3) is 0 Å². The monoisotopic (exact) mass is 481 g/mol. The summed E-state index contributed by atoms with van der Waals surface area (Å²) < 4.78 is 0. The minimum absolute atomic E-state index is 0.114. The molecule has 11 nitrogen and oxygen atoms in total. The Balaban J connectivity index is 3.22. The molecule has 0 aromatic carbocycles. The molecule has 6 unspecified atom stereocenters. The molecule has 1 aliphatic heterocycles. The Morgan fingerprint density at radius 3 is 1.47 bits per heavy atom. The molecule has 0 spiro atoms. The summed E-state index contributed by atoms with van der Waals surface area (Å²) in [7, 11) is 0. The van der Waals surface area contributed by atoms with E-state index in [2.05, 4.69) is 26.6 Å². The lowest BCUT2D eigenvalue weighted by molar-refractivity contribution is -0.137. The quantitative estimate of drug-likeness (QED) is 0.365. The van der Waals surface area contributed by atoms with Crippen LogP contribution in [0.2, 0.25) is 0 Å². The Kier molecular flexibility index (Phi) is 11.7. The number of hydrogen-bond donors (Lipinski definition) is 5. The van der Waals surface area contributed by atoms with E-state index in [9.17, 15) is 28.8 Å². The highest BCUT2D eigenvalue weighted by molar-refractivity contribution is 5.96. The highest BCUT2D eigenvalue weighted by atomic mass is 16.2. The van der Waals surface area contributed by atoms with Crippen LogP contribution in [0.4, 0.5) is 0 Å². The van der Waals surface area contributed by atoms with Gasteiger partial charge in [-0.1, -0.05) is 34.6 Å². The molecule has 5 amide bonds. The summed E-state index contributed by atoms with van der Waals surface area (Å²) >= 11 is 0. The largest absolute Gasteiger partial charge is 0.356 e. The van der Waals surface area contributed by atoms with E-state index in [4.69, 9.17) is 0 Å². The zero-order chi connectivity index (χ0) is 26.0. The van der Waals surface area contributed by atoms with Crippen molar-refractivity contribution in [3.05, 3.63) is 0 Å². The number of carbonyl (C=O) groups excluding carboxylic acids is 6. The molecule has 6 atom stereocenters. The number of ketones is 1. The maximum atomic E-state index is 12.8. The first kappa shape index (κ1) is 29.1. The van der Waals surface area contributed by atoms with Gasteiger partial charge in [-0.2, -0.15) is 0 Å². The van der Waals surface area contributed by atoms with Gasteiger partial charge in [0.2, 0.25) is 29.5 Å². The highest BCUT2D eigenvalue weighted by Crippen LogP contribution is 2.12. The minimum Gasteiger partial charge on any atom is -0.356 e. The smallest absolute Gasteiger partial charge is 0.243 e. The van der Waals surface area contributed by atoms with Gasteiger partial charge in [0.15, 0.2) is 5.78 Å². The number of Topliss-reactive ketones (excluding diaryl/α,β-unsaturated/α-hetero) is 1. The second kappa shape index (κ2) is 13.7. The molecule has 1 aliphatic rings. The fourth-order valence-corrected chi connectivity index (χ4v) is 3.51. The number of carbonyl (C=O) groups is 6. The minimum atomic E-state index is -0.912. The van der Waals surface area contributed by atoms with Crippen molar-refractivity contribution in [3.63, 3.8) is 0 Å². The molecule has 0 aromatic rings. The third-order valence-electron chi connectivity index (χ3n) is 6.24. The van der Waals surface area contributed by atoms with Gasteiger partial charge in [-0.3, -0.25) is 28.8 Å². The molecule has 0 radical (unpaired) electrons. The van der Waals surface area contributed by atoms with Crippen molar-refractivity contribution >= 4 is 35.3 Å². The maximum absolute atomic E-state index is 12.8. The van der Waals surface area contributed by atoms with Crippen molar-refractivity contribution in [2.75, 3.05) is 6.54 Å². The molecular formula is C23H39N5O6. The Bertz CT molecular complexity index is 786. The highest BCUT2D eigenvalue weighted by Gasteiger charge is 2.32. The second-order valence-electron chi connectivity index (χ2n) is 8.74. The zero-order valence-electron chi connectivity index (χ0n) is 20.9. The van der Waals surface area contributed by atoms with Crippen molar-refractivity contribution in [2.45, 2.75) is 91.4 Å². The summed E-state index contributed by atoms with van der Waals surface area (Å²) in [6.45, 7) is 9.79. The fraction of sp³-hybridized carbons (Fsp3) is 0.739. The summed E-state index contributed by atoms with van der Waals surface area (Å²) in [4.78, 5) is 75.6. The predicted octanol–water partition coefficient (Wildman–Crippen LogP) is -0.463. The Morgan fingerprint density at radius 2 is 1.06 bits per heavy atom. The number of nitrogens with one attached hydrogen (secondary N) is 5. The first-order valence-electron chi connectivity index (χ1n) is 12.0. The summed E-state index contributed by atoms with van der Waals surface area (Å²) in [6, 6.07) is -3.55. The fourth-order valence-electron chi connectivity index (χ4n) is 3.51. The van der Waals surface area contributed by atoms with E-state index in [0.717, 1.165) is 0 Å². The van der Waals surface area contributed by atoms with Gasteiger partial charge in [-0.15, -0.1) is 0 Å². The van der Waals surface area contributed by atoms with E-state index < -0.39 is 59.6 Å². The van der Waals surface area contributed by atoms with E-state index in [1.807, 2.05) is 0 Å². The first-order valence-corrected chi connectivity index (χ1v) is 12.0. The average Bonchev–Trinajstić information content (AvgIpc) is 2.80. The summed E-state index contributed by atoms with van der Waals surface area (Å²) in [5.41, 5.74) is 0. The van der Waals surface area contributed by atoms with E-state index >= 15 is 0 Å². The number of amides is 5. The van der Waals surface area contributed by atoms with Crippen LogP contribution < -0.4 is 26.6 Å². The lowest BCUT2D eigenvalue weighted by Gasteiger charge is -2.27. The zero-order valence-corrected chi connectivity index (χ0v) is 20.9. The molecule has 1 heterocycles. The van der Waals surface area contributed by atoms with Crippen LogP contribution in [0.5, 0.6) is 0 Å². The molecule has 34 heavy (non-hydrogen) atoms. The van der Waals surface area contributed by atoms with E-state index in [1.165, 1.54) is 6.92 Å². The van der Waals surface area contributed by atoms with Crippen molar-refractivity contribution < 1.29 is 28.8 Å². The Morgan fingerprint density at radius 1 is 0.676 bits per heavy atom. The van der Waals surface area contributed by atoms with Gasteiger partial charge >= 0.3 is 0 Å². The van der Waals surface area contributed by atoms with Crippen LogP contribution in [0, 0.1) is 11.8 Å². The third-order valence-corrected chi connectivity index (χ3v) is 6.24. The van der Waals surface area contributed by atoms with Crippen LogP contribution in [-0.4, -0.2) is 66.0 Å². The molecule has 1 saturated heterocycles. The summed E-state index contributed by atoms with van der Waals surface area (Å²) in [5, 5.41) is 13.3. The molecule has 1 rings (SSSR count). The number of rotatable bonds is 4. The van der Waals surface area contributed by atoms with Crippen molar-refractivity contribution in [3.8, 4) is 0 Å². The SMILES string of the molecule is CCC1NC(=O)C(CC)NC(=O)C(CC)NC(=O)C(C)C(C)C(=O)NCCC(C(C)=O)NC1=O. The molecule has 11 heteroatoms. The van der Waals surface area contributed by atoms with Gasteiger partial charge in [0, 0.05) is 18.4 Å². The Labute approximate surface area is 200 Å². The summed E-state index contributed by atoms with van der Waals surface area (Å²) in [5.74, 6) is -4.12. The molecule has 5 N–H and O–H groups in total. The van der Waals surface area contributed by atoms with Gasteiger partial charge in [0.05, 0.1) is 6.04 Å². The molecule has 0 aliphatic carbocycles. The van der Waals surface area contributed by atoms with E-state index in [-0.39, 0.29) is 43.9 Å². The van der Waals surface area contributed by atoms with Crippen LogP contribution in [-0.2, 0) is 28.8 Å². The van der Waals surface area contributed by atoms with E-state index in [1.54, 1.807) is 34.6 Å². The van der Waals surface area contributed by atoms with Gasteiger partial charge in [0.1, 0.15) is 18.1 Å². The van der Waals surface area contributed by atoms with Gasteiger partial charge < -0.3 is 26.6 Å². The van der Waals surface area contributed by atoms with Crippen LogP contribution in [0.15, 0.2) is 0 Å². The Hall–Kier alpha value is -2.98. The van der Waals surface area contributed by atoms with Crippen molar-refractivity contribution in [2.24, 2.45) is 11.8 Å². The average molecular weight is 482 g/mol. The lowest BCUT2D eigenvalue weighted by Crippen LogP contribution is -2.58. The molecule has 0 bridgehead atoms. The van der Waals surface area contributed by atoms with Crippen LogP contribution >= 0.6 is 0 Å². The topological polar surface area (TPSA) is 163 Å². The van der Waals surface area contributed by atoms with E-state index in [0.29, 0.717) is 0 Å². The third kappa shape index (κ3) is 8.11. The molecule has 1 fully saturated rings. The molecule has 0 saturated carbocycles. The lowest BCUT2D eigenvalue weighted by atomic mass is 9.93. The second-order valence-corrected chi connectivity index (χ2v) is 8.74.